The minimum atomic E-state index is -0.855. The molecule has 1 fully saturated rings. The third-order valence-electron chi connectivity index (χ3n) is 4.02. The molecular formula is C16H23NO2. The van der Waals surface area contributed by atoms with E-state index in [0.717, 1.165) is 31.2 Å². The van der Waals surface area contributed by atoms with Gasteiger partial charge in [-0.25, -0.2) is 0 Å². The maximum absolute atomic E-state index is 12.1. The first-order valence-electron chi connectivity index (χ1n) is 7.22. The second kappa shape index (κ2) is 6.71. The van der Waals surface area contributed by atoms with Gasteiger partial charge in [0.15, 0.2) is 0 Å². The van der Waals surface area contributed by atoms with Crippen molar-refractivity contribution in [1.82, 2.24) is 5.32 Å². The van der Waals surface area contributed by atoms with Crippen molar-refractivity contribution in [2.24, 2.45) is 5.92 Å². The van der Waals surface area contributed by atoms with Crippen molar-refractivity contribution in [3.63, 3.8) is 0 Å². The summed E-state index contributed by atoms with van der Waals surface area (Å²) in [6.07, 6.45) is 4.56. The van der Waals surface area contributed by atoms with Gasteiger partial charge in [-0.15, -0.1) is 0 Å². The molecule has 2 atom stereocenters. The van der Waals surface area contributed by atoms with Crippen LogP contribution in [0.3, 0.4) is 0 Å². The summed E-state index contributed by atoms with van der Waals surface area (Å²) in [5.74, 6) is -0.0972. The number of benzene rings is 1. The summed E-state index contributed by atoms with van der Waals surface area (Å²) in [5.41, 5.74) is 1.06. The summed E-state index contributed by atoms with van der Waals surface area (Å²) in [6, 6.07) is 9.77. The van der Waals surface area contributed by atoms with Crippen LogP contribution in [0.1, 0.15) is 50.6 Å². The molecule has 2 N–H and O–H groups in total. The van der Waals surface area contributed by atoms with Gasteiger partial charge in [-0.05, 0) is 31.2 Å². The largest absolute Gasteiger partial charge is 0.383 e. The van der Waals surface area contributed by atoms with Gasteiger partial charge < -0.3 is 10.4 Å². The number of carbonyl (C=O) groups is 1. The highest BCUT2D eigenvalue weighted by atomic mass is 16.3. The highest BCUT2D eigenvalue weighted by Gasteiger charge is 2.28. The Morgan fingerprint density at radius 1 is 1.21 bits per heavy atom. The molecule has 2 rings (SSSR count). The Balaban J connectivity index is 1.89. The lowest BCUT2D eigenvalue weighted by atomic mass is 9.85. The Kier molecular flexibility index (Phi) is 4.97. The van der Waals surface area contributed by atoms with Crippen molar-refractivity contribution in [2.75, 3.05) is 0 Å². The van der Waals surface area contributed by atoms with E-state index in [4.69, 9.17) is 0 Å². The van der Waals surface area contributed by atoms with Gasteiger partial charge in [-0.2, -0.15) is 0 Å². The Bertz CT molecular complexity index is 398. The first-order valence-corrected chi connectivity index (χ1v) is 7.22. The molecule has 3 heteroatoms. The number of hydrogen-bond donors (Lipinski definition) is 2. The standard InChI is InChI=1S/C16H23NO2/c1-12(13-8-4-2-5-9-13)17-16(19)15(18)14-10-6-3-7-11-14/h2,4-5,8-9,12,14-15,18H,3,6-7,10-11H2,1H3,(H,17,19)/t12-,15+/m1/s1. The lowest BCUT2D eigenvalue weighted by molar-refractivity contribution is -0.133. The fourth-order valence-corrected chi connectivity index (χ4v) is 2.79. The fourth-order valence-electron chi connectivity index (χ4n) is 2.79. The van der Waals surface area contributed by atoms with Crippen LogP contribution in [0.2, 0.25) is 0 Å². The topological polar surface area (TPSA) is 49.3 Å². The smallest absolute Gasteiger partial charge is 0.249 e. The quantitative estimate of drug-likeness (QED) is 0.875. The second-order valence-electron chi connectivity index (χ2n) is 5.48. The van der Waals surface area contributed by atoms with Crippen LogP contribution < -0.4 is 5.32 Å². The minimum absolute atomic E-state index is 0.0630. The normalized spacial score (nSPS) is 19.7. The zero-order valence-corrected chi connectivity index (χ0v) is 11.5. The van der Waals surface area contributed by atoms with Crippen LogP contribution in [0.25, 0.3) is 0 Å². The number of amides is 1. The van der Waals surface area contributed by atoms with Crippen molar-refractivity contribution in [3.05, 3.63) is 35.9 Å². The van der Waals surface area contributed by atoms with E-state index in [1.54, 1.807) is 0 Å². The van der Waals surface area contributed by atoms with E-state index < -0.39 is 6.10 Å². The van der Waals surface area contributed by atoms with Crippen LogP contribution in [0.5, 0.6) is 0 Å². The molecule has 0 radical (unpaired) electrons. The molecule has 104 valence electrons. The van der Waals surface area contributed by atoms with E-state index in [2.05, 4.69) is 5.32 Å². The van der Waals surface area contributed by atoms with E-state index in [0.29, 0.717) is 0 Å². The Morgan fingerprint density at radius 2 is 1.84 bits per heavy atom. The molecule has 1 aromatic rings. The first-order chi connectivity index (χ1) is 9.18. The molecule has 0 spiro atoms. The van der Waals surface area contributed by atoms with Gasteiger partial charge in [-0.1, -0.05) is 49.6 Å². The molecule has 1 amide bonds. The van der Waals surface area contributed by atoms with Gasteiger partial charge in [-0.3, -0.25) is 4.79 Å². The average molecular weight is 261 g/mol. The predicted octanol–water partition coefficient (Wildman–Crippen LogP) is 2.81. The predicted molar refractivity (Wildman–Crippen MR) is 75.6 cm³/mol. The molecular weight excluding hydrogens is 238 g/mol. The van der Waals surface area contributed by atoms with Gasteiger partial charge in [0.2, 0.25) is 5.91 Å². The van der Waals surface area contributed by atoms with Gasteiger partial charge in [0.05, 0.1) is 6.04 Å². The highest BCUT2D eigenvalue weighted by Crippen LogP contribution is 2.26. The molecule has 19 heavy (non-hydrogen) atoms. The molecule has 0 aliphatic heterocycles. The van der Waals surface area contributed by atoms with Crippen molar-refractivity contribution in [1.29, 1.82) is 0 Å². The SMILES string of the molecule is C[C@@H](NC(=O)[C@@H](O)C1CCCCC1)c1ccccc1. The van der Waals surface area contributed by atoms with Gasteiger partial charge in [0.1, 0.15) is 6.10 Å². The molecule has 1 aliphatic carbocycles. The molecule has 0 unspecified atom stereocenters. The molecule has 0 bridgehead atoms. The van der Waals surface area contributed by atoms with Gasteiger partial charge in [0.25, 0.3) is 0 Å². The average Bonchev–Trinajstić information content (AvgIpc) is 2.48. The van der Waals surface area contributed by atoms with Crippen LogP contribution in [0.15, 0.2) is 30.3 Å². The summed E-state index contributed by atoms with van der Waals surface area (Å²) in [6.45, 7) is 1.95. The van der Waals surface area contributed by atoms with Crippen LogP contribution >= 0.6 is 0 Å². The third kappa shape index (κ3) is 3.80. The zero-order valence-electron chi connectivity index (χ0n) is 11.5. The van der Waals surface area contributed by atoms with Crippen molar-refractivity contribution < 1.29 is 9.90 Å². The molecule has 1 saturated carbocycles. The summed E-state index contributed by atoms with van der Waals surface area (Å²) in [7, 11) is 0. The van der Waals surface area contributed by atoms with Crippen LogP contribution in [-0.4, -0.2) is 17.1 Å². The Hall–Kier alpha value is -1.35. The maximum Gasteiger partial charge on any atom is 0.249 e. The van der Waals surface area contributed by atoms with Crippen LogP contribution in [0.4, 0.5) is 0 Å². The van der Waals surface area contributed by atoms with Crippen molar-refractivity contribution in [2.45, 2.75) is 51.2 Å². The molecule has 0 aromatic heterocycles. The number of hydrogen-bond acceptors (Lipinski definition) is 2. The van der Waals surface area contributed by atoms with E-state index in [1.807, 2.05) is 37.3 Å². The monoisotopic (exact) mass is 261 g/mol. The Morgan fingerprint density at radius 3 is 2.47 bits per heavy atom. The summed E-state index contributed by atoms with van der Waals surface area (Å²) in [4.78, 5) is 12.1. The van der Waals surface area contributed by atoms with Gasteiger partial charge in [0, 0.05) is 0 Å². The summed E-state index contributed by atoms with van der Waals surface area (Å²) >= 11 is 0. The van der Waals surface area contributed by atoms with Gasteiger partial charge >= 0.3 is 0 Å². The highest BCUT2D eigenvalue weighted by molar-refractivity contribution is 5.81. The van der Waals surface area contributed by atoms with Crippen LogP contribution in [0, 0.1) is 5.92 Å². The van der Waals surface area contributed by atoms with E-state index in [9.17, 15) is 9.90 Å². The molecule has 1 aromatic carbocycles. The fraction of sp³-hybridized carbons (Fsp3) is 0.562. The number of rotatable bonds is 4. The van der Waals surface area contributed by atoms with E-state index in [1.165, 1.54) is 6.42 Å². The number of aliphatic hydroxyl groups excluding tert-OH is 1. The lowest BCUT2D eigenvalue weighted by Crippen LogP contribution is -2.41. The Labute approximate surface area is 115 Å². The summed E-state index contributed by atoms with van der Waals surface area (Å²) < 4.78 is 0. The van der Waals surface area contributed by atoms with E-state index >= 15 is 0 Å². The molecule has 0 heterocycles. The maximum atomic E-state index is 12.1. The number of aliphatic hydroxyl groups is 1. The summed E-state index contributed by atoms with van der Waals surface area (Å²) in [5, 5.41) is 13.0. The van der Waals surface area contributed by atoms with Crippen molar-refractivity contribution in [3.8, 4) is 0 Å². The van der Waals surface area contributed by atoms with Crippen molar-refractivity contribution >= 4 is 5.91 Å². The number of nitrogens with one attached hydrogen (secondary N) is 1. The molecule has 3 nitrogen and oxygen atoms in total. The zero-order chi connectivity index (χ0) is 13.7. The van der Waals surface area contributed by atoms with E-state index in [-0.39, 0.29) is 17.9 Å². The minimum Gasteiger partial charge on any atom is -0.383 e. The lowest BCUT2D eigenvalue weighted by Gasteiger charge is -2.27. The first kappa shape index (κ1) is 14.1. The molecule has 0 saturated heterocycles. The van der Waals surface area contributed by atoms with Crippen LogP contribution in [-0.2, 0) is 4.79 Å². The second-order valence-corrected chi connectivity index (χ2v) is 5.48. The molecule has 1 aliphatic rings. The number of carbonyl (C=O) groups excluding carboxylic acids is 1. The third-order valence-corrected chi connectivity index (χ3v) is 4.02.